The van der Waals surface area contributed by atoms with Crippen LogP contribution < -0.4 is 5.32 Å². The third-order valence-electron chi connectivity index (χ3n) is 3.48. The Kier molecular flexibility index (Phi) is 4.55. The predicted molar refractivity (Wildman–Crippen MR) is 74.9 cm³/mol. The fraction of sp³-hybridized carbons (Fsp3) is 0.467. The maximum absolute atomic E-state index is 12.0. The minimum absolute atomic E-state index is 0.411. The summed E-state index contributed by atoms with van der Waals surface area (Å²) < 4.78 is 0. The summed E-state index contributed by atoms with van der Waals surface area (Å²) in [4.78, 5) is 25.6. The molecule has 0 bridgehead atoms. The van der Waals surface area contributed by atoms with Gasteiger partial charge in [0, 0.05) is 18.8 Å². The fourth-order valence-corrected chi connectivity index (χ4v) is 2.37. The molecule has 2 amide bonds. The molecular formula is C15H20N2O2. The van der Waals surface area contributed by atoms with Crippen molar-refractivity contribution in [2.24, 2.45) is 0 Å². The van der Waals surface area contributed by atoms with E-state index in [0.29, 0.717) is 13.1 Å². The quantitative estimate of drug-likeness (QED) is 0.829. The Bertz CT molecular complexity index is 465. The van der Waals surface area contributed by atoms with Gasteiger partial charge < -0.3 is 10.2 Å². The van der Waals surface area contributed by atoms with Crippen LogP contribution in [0.1, 0.15) is 31.7 Å². The van der Waals surface area contributed by atoms with Crippen molar-refractivity contribution in [3.63, 3.8) is 0 Å². The van der Waals surface area contributed by atoms with Gasteiger partial charge >= 0.3 is 11.8 Å². The Morgan fingerprint density at radius 3 is 2.53 bits per heavy atom. The number of nitrogens with one attached hydrogen (secondary N) is 1. The molecule has 1 aliphatic rings. The van der Waals surface area contributed by atoms with E-state index < -0.39 is 11.8 Å². The molecular weight excluding hydrogens is 240 g/mol. The number of hydrogen-bond acceptors (Lipinski definition) is 2. The molecule has 1 aromatic carbocycles. The number of rotatable bonds is 2. The molecule has 1 aliphatic heterocycles. The molecule has 4 nitrogen and oxygen atoms in total. The van der Waals surface area contributed by atoms with Crippen molar-refractivity contribution in [3.05, 3.63) is 29.8 Å². The second kappa shape index (κ2) is 6.36. The smallest absolute Gasteiger partial charge is 0.313 e. The largest absolute Gasteiger partial charge is 0.334 e. The number of aryl methyl sites for hydroxylation is 1. The van der Waals surface area contributed by atoms with Crippen LogP contribution >= 0.6 is 0 Å². The van der Waals surface area contributed by atoms with Gasteiger partial charge in [-0.25, -0.2) is 0 Å². The van der Waals surface area contributed by atoms with E-state index in [2.05, 4.69) is 5.32 Å². The van der Waals surface area contributed by atoms with Crippen molar-refractivity contribution in [1.82, 2.24) is 4.90 Å². The Balaban J connectivity index is 2.01. The Hall–Kier alpha value is -1.84. The first-order chi connectivity index (χ1) is 9.22. The molecule has 102 valence electrons. The van der Waals surface area contributed by atoms with Crippen molar-refractivity contribution in [2.75, 3.05) is 18.4 Å². The van der Waals surface area contributed by atoms with Gasteiger partial charge in [-0.2, -0.15) is 0 Å². The standard InChI is InChI=1S/C15H20N2O2/c1-2-12-8-4-5-9-13(12)16-14(18)15(19)17-10-6-3-7-11-17/h4-5,8-9H,2-3,6-7,10-11H2,1H3,(H,16,18). The van der Waals surface area contributed by atoms with E-state index in [1.807, 2.05) is 31.2 Å². The molecule has 0 unspecified atom stereocenters. The lowest BCUT2D eigenvalue weighted by molar-refractivity contribution is -0.143. The number of nitrogens with zero attached hydrogens (tertiary/aromatic N) is 1. The van der Waals surface area contributed by atoms with Crippen molar-refractivity contribution < 1.29 is 9.59 Å². The minimum atomic E-state index is -0.525. The van der Waals surface area contributed by atoms with Gasteiger partial charge in [-0.05, 0) is 37.3 Å². The lowest BCUT2D eigenvalue weighted by Gasteiger charge is -2.26. The van der Waals surface area contributed by atoms with E-state index in [1.54, 1.807) is 4.90 Å². The van der Waals surface area contributed by atoms with Gasteiger partial charge in [0.1, 0.15) is 0 Å². The molecule has 1 saturated heterocycles. The van der Waals surface area contributed by atoms with Gasteiger partial charge in [0.15, 0.2) is 0 Å². The molecule has 2 rings (SSSR count). The lowest BCUT2D eigenvalue weighted by atomic mass is 10.1. The maximum atomic E-state index is 12.0. The van der Waals surface area contributed by atoms with E-state index in [9.17, 15) is 9.59 Å². The molecule has 0 radical (unpaired) electrons. The first kappa shape index (κ1) is 13.6. The average Bonchev–Trinajstić information content (AvgIpc) is 2.48. The molecule has 0 aliphatic carbocycles. The summed E-state index contributed by atoms with van der Waals surface area (Å²) in [5.74, 6) is -0.937. The lowest BCUT2D eigenvalue weighted by Crippen LogP contribution is -2.42. The second-order valence-electron chi connectivity index (χ2n) is 4.82. The van der Waals surface area contributed by atoms with Gasteiger partial charge in [0.05, 0.1) is 0 Å². The van der Waals surface area contributed by atoms with Crippen molar-refractivity contribution in [2.45, 2.75) is 32.6 Å². The summed E-state index contributed by atoms with van der Waals surface area (Å²) in [5.41, 5.74) is 1.78. The molecule has 0 spiro atoms. The highest BCUT2D eigenvalue weighted by Crippen LogP contribution is 2.16. The van der Waals surface area contributed by atoms with Crippen LogP contribution in [0.25, 0.3) is 0 Å². The van der Waals surface area contributed by atoms with E-state index in [-0.39, 0.29) is 0 Å². The zero-order chi connectivity index (χ0) is 13.7. The number of carbonyl (C=O) groups is 2. The molecule has 0 saturated carbocycles. The highest BCUT2D eigenvalue weighted by molar-refractivity contribution is 6.39. The van der Waals surface area contributed by atoms with E-state index in [1.165, 1.54) is 0 Å². The number of anilines is 1. The number of likely N-dealkylation sites (tertiary alicyclic amines) is 1. The summed E-state index contributed by atoms with van der Waals surface area (Å²) in [7, 11) is 0. The monoisotopic (exact) mass is 260 g/mol. The van der Waals surface area contributed by atoms with Crippen LogP contribution in [0.4, 0.5) is 5.69 Å². The van der Waals surface area contributed by atoms with E-state index in [0.717, 1.165) is 36.9 Å². The van der Waals surface area contributed by atoms with Crippen LogP contribution in [-0.4, -0.2) is 29.8 Å². The Morgan fingerprint density at radius 2 is 1.84 bits per heavy atom. The molecule has 1 heterocycles. The molecule has 4 heteroatoms. The third kappa shape index (κ3) is 3.34. The zero-order valence-corrected chi connectivity index (χ0v) is 11.3. The molecule has 0 aromatic heterocycles. The van der Waals surface area contributed by atoms with Crippen LogP contribution in [0, 0.1) is 0 Å². The number of amides is 2. The molecule has 0 atom stereocenters. The summed E-state index contributed by atoms with van der Waals surface area (Å²) in [6.07, 6.45) is 3.95. The SMILES string of the molecule is CCc1ccccc1NC(=O)C(=O)N1CCCCC1. The van der Waals surface area contributed by atoms with Gasteiger partial charge in [0.25, 0.3) is 0 Å². The molecule has 1 aromatic rings. The second-order valence-corrected chi connectivity index (χ2v) is 4.82. The number of benzene rings is 1. The highest BCUT2D eigenvalue weighted by Gasteiger charge is 2.23. The van der Waals surface area contributed by atoms with Gasteiger partial charge in [-0.15, -0.1) is 0 Å². The van der Waals surface area contributed by atoms with Crippen LogP contribution in [-0.2, 0) is 16.0 Å². The van der Waals surface area contributed by atoms with Crippen LogP contribution in [0.15, 0.2) is 24.3 Å². The summed E-state index contributed by atoms with van der Waals surface area (Å²) >= 11 is 0. The topological polar surface area (TPSA) is 49.4 Å². The zero-order valence-electron chi connectivity index (χ0n) is 11.3. The summed E-state index contributed by atoms with van der Waals surface area (Å²) in [6, 6.07) is 7.59. The highest BCUT2D eigenvalue weighted by atomic mass is 16.2. The van der Waals surface area contributed by atoms with Crippen LogP contribution in [0.2, 0.25) is 0 Å². The average molecular weight is 260 g/mol. The summed E-state index contributed by atoms with van der Waals surface area (Å²) in [6.45, 7) is 3.42. The molecule has 19 heavy (non-hydrogen) atoms. The third-order valence-corrected chi connectivity index (χ3v) is 3.48. The molecule has 1 fully saturated rings. The Labute approximate surface area is 113 Å². The van der Waals surface area contributed by atoms with Crippen molar-refractivity contribution in [3.8, 4) is 0 Å². The number of hydrogen-bond donors (Lipinski definition) is 1. The van der Waals surface area contributed by atoms with Crippen molar-refractivity contribution >= 4 is 17.5 Å². The number of para-hydroxylation sites is 1. The maximum Gasteiger partial charge on any atom is 0.313 e. The van der Waals surface area contributed by atoms with Gasteiger partial charge in [0.2, 0.25) is 0 Å². The predicted octanol–water partition coefficient (Wildman–Crippen LogP) is 2.20. The van der Waals surface area contributed by atoms with E-state index in [4.69, 9.17) is 0 Å². The molecule has 1 N–H and O–H groups in total. The van der Waals surface area contributed by atoms with Crippen LogP contribution in [0.3, 0.4) is 0 Å². The first-order valence-electron chi connectivity index (χ1n) is 6.90. The van der Waals surface area contributed by atoms with E-state index >= 15 is 0 Å². The number of piperidine rings is 1. The van der Waals surface area contributed by atoms with Crippen molar-refractivity contribution in [1.29, 1.82) is 0 Å². The first-order valence-corrected chi connectivity index (χ1v) is 6.90. The Morgan fingerprint density at radius 1 is 1.16 bits per heavy atom. The fourth-order valence-electron chi connectivity index (χ4n) is 2.37. The van der Waals surface area contributed by atoms with Crippen LogP contribution in [0.5, 0.6) is 0 Å². The van der Waals surface area contributed by atoms with Gasteiger partial charge in [-0.1, -0.05) is 25.1 Å². The summed E-state index contributed by atoms with van der Waals surface area (Å²) in [5, 5.41) is 2.73. The normalized spacial score (nSPS) is 15.1. The number of carbonyl (C=O) groups excluding carboxylic acids is 2. The van der Waals surface area contributed by atoms with Gasteiger partial charge in [-0.3, -0.25) is 9.59 Å². The minimum Gasteiger partial charge on any atom is -0.334 e.